The van der Waals surface area contributed by atoms with Gasteiger partial charge in [0, 0.05) is 18.5 Å². The quantitative estimate of drug-likeness (QED) is 0.885. The molecule has 0 radical (unpaired) electrons. The second kappa shape index (κ2) is 4.43. The van der Waals surface area contributed by atoms with Gasteiger partial charge in [-0.05, 0) is 19.4 Å². The first-order chi connectivity index (χ1) is 8.34. The predicted molar refractivity (Wildman–Crippen MR) is 62.5 cm³/mol. The molecule has 1 unspecified atom stereocenters. The number of nitrogens with zero attached hydrogens (tertiary/aromatic N) is 3. The van der Waals surface area contributed by atoms with Gasteiger partial charge in [0.25, 0.3) is 0 Å². The average Bonchev–Trinajstić information content (AvgIpc) is 3.00. The van der Waals surface area contributed by atoms with E-state index in [0.717, 1.165) is 25.1 Å². The van der Waals surface area contributed by atoms with E-state index in [4.69, 9.17) is 16.1 Å². The Kier molecular flexibility index (Phi) is 2.78. The molecule has 6 heteroatoms. The van der Waals surface area contributed by atoms with Crippen molar-refractivity contribution in [2.75, 3.05) is 6.54 Å². The summed E-state index contributed by atoms with van der Waals surface area (Å²) in [7, 11) is 0. The van der Waals surface area contributed by atoms with Crippen LogP contribution in [-0.4, -0.2) is 21.7 Å². The lowest BCUT2D eigenvalue weighted by atomic mass is 10.1. The van der Waals surface area contributed by atoms with Gasteiger partial charge in [-0.25, -0.2) is 9.97 Å². The smallest absolute Gasteiger partial charge is 0.157 e. The predicted octanol–water partition coefficient (Wildman–Crippen LogP) is 2.21. The maximum atomic E-state index is 5.96. The molecule has 0 saturated carbocycles. The van der Waals surface area contributed by atoms with Crippen LogP contribution in [0.1, 0.15) is 24.6 Å². The summed E-state index contributed by atoms with van der Waals surface area (Å²) in [5.74, 6) is 0.833. The summed E-state index contributed by atoms with van der Waals surface area (Å²) in [6.07, 6.45) is 5.37. The van der Waals surface area contributed by atoms with Crippen molar-refractivity contribution in [3.8, 4) is 11.4 Å². The minimum Gasteiger partial charge on any atom is -0.359 e. The van der Waals surface area contributed by atoms with Gasteiger partial charge >= 0.3 is 0 Å². The molecule has 1 saturated heterocycles. The number of aromatic nitrogens is 3. The van der Waals surface area contributed by atoms with Crippen LogP contribution >= 0.6 is 11.6 Å². The van der Waals surface area contributed by atoms with E-state index in [1.807, 2.05) is 6.07 Å². The molecule has 1 N–H and O–H groups in total. The molecular formula is C11H11ClN4O. The highest BCUT2D eigenvalue weighted by Crippen LogP contribution is 2.28. The molecule has 3 heterocycles. The van der Waals surface area contributed by atoms with Crippen LogP contribution in [0.5, 0.6) is 0 Å². The largest absolute Gasteiger partial charge is 0.359 e. The highest BCUT2D eigenvalue weighted by molar-refractivity contribution is 6.31. The first-order valence-corrected chi connectivity index (χ1v) is 5.89. The molecule has 1 fully saturated rings. The van der Waals surface area contributed by atoms with Gasteiger partial charge in [0.2, 0.25) is 0 Å². The number of halogens is 1. The Balaban J connectivity index is 1.92. The summed E-state index contributed by atoms with van der Waals surface area (Å²) >= 11 is 5.96. The van der Waals surface area contributed by atoms with E-state index >= 15 is 0 Å². The van der Waals surface area contributed by atoms with Crippen molar-refractivity contribution in [1.82, 2.24) is 20.4 Å². The van der Waals surface area contributed by atoms with Crippen molar-refractivity contribution in [3.63, 3.8) is 0 Å². The second-order valence-corrected chi connectivity index (χ2v) is 4.32. The van der Waals surface area contributed by atoms with E-state index in [1.165, 1.54) is 0 Å². The normalized spacial score (nSPS) is 19.7. The summed E-state index contributed by atoms with van der Waals surface area (Å²) in [5.41, 5.74) is 1.19. The Morgan fingerprint density at radius 2 is 2.24 bits per heavy atom. The third kappa shape index (κ3) is 2.03. The van der Waals surface area contributed by atoms with Crippen LogP contribution in [0.15, 0.2) is 23.0 Å². The van der Waals surface area contributed by atoms with Crippen LogP contribution < -0.4 is 5.32 Å². The molecule has 5 nitrogen and oxygen atoms in total. The SMILES string of the molecule is Clc1nccnc1-c1cc(C2CCCN2)on1. The summed E-state index contributed by atoms with van der Waals surface area (Å²) in [4.78, 5) is 8.12. The van der Waals surface area contributed by atoms with Crippen molar-refractivity contribution < 1.29 is 4.52 Å². The molecule has 1 aliphatic heterocycles. The third-order valence-electron chi connectivity index (χ3n) is 2.83. The third-order valence-corrected chi connectivity index (χ3v) is 3.10. The van der Waals surface area contributed by atoms with Gasteiger partial charge in [-0.3, -0.25) is 0 Å². The highest BCUT2D eigenvalue weighted by Gasteiger charge is 2.21. The van der Waals surface area contributed by atoms with Crippen molar-refractivity contribution in [2.45, 2.75) is 18.9 Å². The van der Waals surface area contributed by atoms with Crippen LogP contribution in [0.4, 0.5) is 0 Å². The van der Waals surface area contributed by atoms with Crippen LogP contribution in [0, 0.1) is 0 Å². The maximum absolute atomic E-state index is 5.96. The maximum Gasteiger partial charge on any atom is 0.157 e. The van der Waals surface area contributed by atoms with Gasteiger partial charge < -0.3 is 9.84 Å². The molecule has 2 aromatic rings. The fourth-order valence-corrected chi connectivity index (χ4v) is 2.19. The minimum atomic E-state index is 0.256. The molecule has 0 spiro atoms. The molecule has 2 aromatic heterocycles. The van der Waals surface area contributed by atoms with E-state index in [2.05, 4.69) is 20.4 Å². The zero-order valence-corrected chi connectivity index (χ0v) is 9.81. The molecule has 1 aliphatic rings. The lowest BCUT2D eigenvalue weighted by Gasteiger charge is -2.02. The molecule has 0 bridgehead atoms. The number of hydrogen-bond acceptors (Lipinski definition) is 5. The van der Waals surface area contributed by atoms with E-state index in [9.17, 15) is 0 Å². The van der Waals surface area contributed by atoms with Crippen molar-refractivity contribution >= 4 is 11.6 Å². The van der Waals surface area contributed by atoms with Crippen LogP contribution in [0.3, 0.4) is 0 Å². The molecule has 17 heavy (non-hydrogen) atoms. The average molecular weight is 251 g/mol. The molecule has 0 aliphatic carbocycles. The number of hydrogen-bond donors (Lipinski definition) is 1. The van der Waals surface area contributed by atoms with Crippen LogP contribution in [-0.2, 0) is 0 Å². The Hall–Kier alpha value is -1.46. The van der Waals surface area contributed by atoms with Gasteiger partial charge in [-0.1, -0.05) is 16.8 Å². The molecule has 3 rings (SSSR count). The fourth-order valence-electron chi connectivity index (χ4n) is 1.99. The Labute approximate surface area is 103 Å². The second-order valence-electron chi connectivity index (χ2n) is 3.96. The lowest BCUT2D eigenvalue weighted by molar-refractivity contribution is 0.353. The number of rotatable bonds is 2. The lowest BCUT2D eigenvalue weighted by Crippen LogP contribution is -2.11. The summed E-state index contributed by atoms with van der Waals surface area (Å²) < 4.78 is 5.32. The summed E-state index contributed by atoms with van der Waals surface area (Å²) in [6, 6.07) is 2.13. The first kappa shape index (κ1) is 10.7. The molecule has 1 atom stereocenters. The standard InChI is InChI=1S/C11H11ClN4O/c12-11-10(14-4-5-15-11)8-6-9(17-16-8)7-2-1-3-13-7/h4-7,13H,1-3H2. The Morgan fingerprint density at radius 3 is 3.00 bits per heavy atom. The summed E-state index contributed by atoms with van der Waals surface area (Å²) in [5, 5.41) is 7.68. The fraction of sp³-hybridized carbons (Fsp3) is 0.364. The number of nitrogens with one attached hydrogen (secondary N) is 1. The molecule has 0 aromatic carbocycles. The van der Waals surface area contributed by atoms with Gasteiger partial charge in [-0.15, -0.1) is 0 Å². The van der Waals surface area contributed by atoms with Gasteiger partial charge in [-0.2, -0.15) is 0 Å². The zero-order valence-electron chi connectivity index (χ0n) is 9.06. The van der Waals surface area contributed by atoms with Crippen LogP contribution in [0.2, 0.25) is 5.15 Å². The summed E-state index contributed by atoms with van der Waals surface area (Å²) in [6.45, 7) is 1.02. The molecular weight excluding hydrogens is 240 g/mol. The van der Waals surface area contributed by atoms with E-state index < -0.39 is 0 Å². The van der Waals surface area contributed by atoms with Gasteiger partial charge in [0.05, 0.1) is 6.04 Å². The minimum absolute atomic E-state index is 0.256. The Morgan fingerprint density at radius 1 is 1.35 bits per heavy atom. The van der Waals surface area contributed by atoms with Crippen LogP contribution in [0.25, 0.3) is 11.4 Å². The van der Waals surface area contributed by atoms with E-state index in [1.54, 1.807) is 12.4 Å². The molecule has 88 valence electrons. The molecule has 0 amide bonds. The Bertz CT molecular complexity index is 522. The van der Waals surface area contributed by atoms with Crippen molar-refractivity contribution in [2.24, 2.45) is 0 Å². The van der Waals surface area contributed by atoms with Gasteiger partial charge in [0.1, 0.15) is 11.4 Å². The first-order valence-electron chi connectivity index (χ1n) is 5.51. The highest BCUT2D eigenvalue weighted by atomic mass is 35.5. The van der Waals surface area contributed by atoms with Crippen molar-refractivity contribution in [1.29, 1.82) is 0 Å². The van der Waals surface area contributed by atoms with Gasteiger partial charge in [0.15, 0.2) is 10.9 Å². The zero-order chi connectivity index (χ0) is 11.7. The van der Waals surface area contributed by atoms with E-state index in [-0.39, 0.29) is 6.04 Å². The monoisotopic (exact) mass is 250 g/mol. The van der Waals surface area contributed by atoms with E-state index in [0.29, 0.717) is 16.5 Å². The van der Waals surface area contributed by atoms with Crippen molar-refractivity contribution in [3.05, 3.63) is 29.4 Å². The topological polar surface area (TPSA) is 63.8 Å².